The lowest BCUT2D eigenvalue weighted by atomic mass is 10.3. The number of carbonyl (C=O) groups is 1. The minimum atomic E-state index is -0.515. The predicted molar refractivity (Wildman–Crippen MR) is 101 cm³/mol. The van der Waals surface area contributed by atoms with E-state index >= 15 is 0 Å². The van der Waals surface area contributed by atoms with Gasteiger partial charge in [-0.3, -0.25) is 4.79 Å². The summed E-state index contributed by atoms with van der Waals surface area (Å²) >= 11 is 10.2. The quantitative estimate of drug-likeness (QED) is 0.474. The zero-order chi connectivity index (χ0) is 17.5. The molecule has 1 atom stereocenters. The molecule has 1 aromatic heterocycles. The molecule has 1 unspecified atom stereocenters. The zero-order valence-corrected chi connectivity index (χ0v) is 16.4. The molecule has 9 heteroatoms. The highest BCUT2D eigenvalue weighted by molar-refractivity contribution is 8.03. The van der Waals surface area contributed by atoms with Crippen LogP contribution in [-0.2, 0) is 4.79 Å². The molecular weight excluding hydrogens is 389 g/mol. The number of nitrogens with one attached hydrogen (secondary N) is 1. The van der Waals surface area contributed by atoms with Gasteiger partial charge in [-0.1, -0.05) is 59.8 Å². The molecule has 0 fully saturated rings. The van der Waals surface area contributed by atoms with Gasteiger partial charge in [0.2, 0.25) is 5.91 Å². The molecule has 1 aromatic carbocycles. The van der Waals surface area contributed by atoms with Crippen molar-refractivity contribution in [3.63, 3.8) is 0 Å². The van der Waals surface area contributed by atoms with E-state index < -0.39 is 5.82 Å². The first kappa shape index (κ1) is 19.5. The molecule has 0 bridgehead atoms. The van der Waals surface area contributed by atoms with Crippen LogP contribution in [0.1, 0.15) is 26.7 Å². The maximum atomic E-state index is 13.1. The molecule has 1 heterocycles. The van der Waals surface area contributed by atoms with E-state index in [-0.39, 0.29) is 16.2 Å². The van der Waals surface area contributed by atoms with Crippen molar-refractivity contribution in [1.82, 2.24) is 10.2 Å². The van der Waals surface area contributed by atoms with Gasteiger partial charge in [0.15, 0.2) is 8.68 Å². The Hall–Kier alpha value is -0.830. The van der Waals surface area contributed by atoms with Crippen molar-refractivity contribution in [2.75, 3.05) is 11.1 Å². The molecule has 0 saturated carbocycles. The molecule has 0 spiro atoms. The number of hydrogen-bond acceptors (Lipinski definition) is 6. The molecule has 1 N–H and O–H groups in total. The third-order valence-corrected chi connectivity index (χ3v) is 6.56. The van der Waals surface area contributed by atoms with Gasteiger partial charge < -0.3 is 5.32 Å². The maximum absolute atomic E-state index is 13.1. The Bertz CT molecular complexity index is 698. The van der Waals surface area contributed by atoms with Gasteiger partial charge >= 0.3 is 0 Å². The van der Waals surface area contributed by atoms with Crippen molar-refractivity contribution in [3.05, 3.63) is 29.0 Å². The Morgan fingerprint density at radius 2 is 2.17 bits per heavy atom. The molecular formula is C15H17ClFN3OS3. The molecule has 0 saturated heterocycles. The number of hydrogen-bond donors (Lipinski definition) is 1. The predicted octanol–water partition coefficient (Wildman–Crippen LogP) is 5.34. The van der Waals surface area contributed by atoms with Crippen LogP contribution in [0.25, 0.3) is 0 Å². The van der Waals surface area contributed by atoms with Crippen LogP contribution in [-0.4, -0.2) is 27.1 Å². The third kappa shape index (κ3) is 5.91. The van der Waals surface area contributed by atoms with Gasteiger partial charge in [-0.05, 0) is 31.5 Å². The smallest absolute Gasteiger partial charge is 0.237 e. The van der Waals surface area contributed by atoms with Gasteiger partial charge in [-0.15, -0.1) is 10.2 Å². The fourth-order valence-corrected chi connectivity index (χ4v) is 5.13. The number of rotatable bonds is 8. The van der Waals surface area contributed by atoms with Crippen molar-refractivity contribution < 1.29 is 9.18 Å². The summed E-state index contributed by atoms with van der Waals surface area (Å²) in [5.41, 5.74) is 0.465. The van der Waals surface area contributed by atoms with Crippen molar-refractivity contribution in [2.24, 2.45) is 0 Å². The second-order valence-electron chi connectivity index (χ2n) is 4.91. The molecule has 0 aliphatic rings. The molecule has 2 rings (SSSR count). The summed E-state index contributed by atoms with van der Waals surface area (Å²) in [4.78, 5) is 12.2. The molecule has 1 amide bonds. The van der Waals surface area contributed by atoms with Crippen LogP contribution >= 0.6 is 46.5 Å². The first-order valence-electron chi connectivity index (χ1n) is 7.38. The molecule has 2 aromatic rings. The summed E-state index contributed by atoms with van der Waals surface area (Å²) in [7, 11) is 0. The fourth-order valence-electron chi connectivity index (χ4n) is 1.63. The van der Waals surface area contributed by atoms with E-state index in [2.05, 4.69) is 22.4 Å². The summed E-state index contributed by atoms with van der Waals surface area (Å²) in [5, 5.41) is 10.6. The van der Waals surface area contributed by atoms with E-state index in [1.165, 1.54) is 41.3 Å². The summed E-state index contributed by atoms with van der Waals surface area (Å²) in [6.45, 7) is 3.94. The number of amides is 1. The van der Waals surface area contributed by atoms with Crippen molar-refractivity contribution in [3.8, 4) is 0 Å². The van der Waals surface area contributed by atoms with Gasteiger partial charge in [0.25, 0.3) is 0 Å². The van der Waals surface area contributed by atoms with Crippen LogP contribution in [0.5, 0.6) is 0 Å². The van der Waals surface area contributed by atoms with Gasteiger partial charge in [0.05, 0.1) is 10.3 Å². The van der Waals surface area contributed by atoms with Gasteiger partial charge in [0, 0.05) is 11.4 Å². The van der Waals surface area contributed by atoms with Crippen molar-refractivity contribution >= 4 is 58.1 Å². The first-order valence-corrected chi connectivity index (χ1v) is 10.4. The zero-order valence-electron chi connectivity index (χ0n) is 13.2. The molecule has 130 valence electrons. The average Bonchev–Trinajstić information content (AvgIpc) is 2.98. The highest BCUT2D eigenvalue weighted by atomic mass is 35.5. The number of carbonyl (C=O) groups excluding carboxylic acids is 1. The van der Waals surface area contributed by atoms with Crippen LogP contribution < -0.4 is 5.32 Å². The lowest BCUT2D eigenvalue weighted by Crippen LogP contribution is -2.22. The summed E-state index contributed by atoms with van der Waals surface area (Å²) < 4.78 is 14.8. The topological polar surface area (TPSA) is 54.9 Å². The van der Waals surface area contributed by atoms with Gasteiger partial charge in [0.1, 0.15) is 5.82 Å². The van der Waals surface area contributed by atoms with E-state index in [4.69, 9.17) is 11.6 Å². The Morgan fingerprint density at radius 1 is 1.42 bits per heavy atom. The Morgan fingerprint density at radius 3 is 2.88 bits per heavy atom. The van der Waals surface area contributed by atoms with E-state index in [0.29, 0.717) is 5.69 Å². The lowest BCUT2D eigenvalue weighted by Gasteiger charge is -2.10. The third-order valence-electron chi connectivity index (χ3n) is 2.95. The second-order valence-corrected chi connectivity index (χ2v) is 9.23. The van der Waals surface area contributed by atoms with Gasteiger partial charge in [-0.25, -0.2) is 4.39 Å². The highest BCUT2D eigenvalue weighted by Gasteiger charge is 2.18. The number of benzene rings is 1. The summed E-state index contributed by atoms with van der Waals surface area (Å²) in [6.07, 6.45) is 2.30. The lowest BCUT2D eigenvalue weighted by molar-refractivity contribution is -0.115. The van der Waals surface area contributed by atoms with Crippen LogP contribution in [0.3, 0.4) is 0 Å². The van der Waals surface area contributed by atoms with E-state index in [0.717, 1.165) is 27.3 Å². The normalized spacial score (nSPS) is 12.2. The average molecular weight is 406 g/mol. The molecule has 24 heavy (non-hydrogen) atoms. The molecule has 0 aliphatic heterocycles. The number of unbranched alkanes of at least 4 members (excludes halogenated alkanes) is 1. The molecule has 0 radical (unpaired) electrons. The van der Waals surface area contributed by atoms with E-state index in [9.17, 15) is 9.18 Å². The molecule has 0 aliphatic carbocycles. The first-order chi connectivity index (χ1) is 11.5. The second kappa shape index (κ2) is 9.60. The SMILES string of the molecule is CCCCSc1nnc(SC(C)C(=O)Nc2ccc(F)c(Cl)c2)s1. The van der Waals surface area contributed by atoms with Crippen LogP contribution in [0, 0.1) is 5.82 Å². The van der Waals surface area contributed by atoms with Crippen molar-refractivity contribution in [1.29, 1.82) is 0 Å². The summed E-state index contributed by atoms with van der Waals surface area (Å²) in [6, 6.07) is 4.09. The largest absolute Gasteiger partial charge is 0.325 e. The fraction of sp³-hybridized carbons (Fsp3) is 0.400. The van der Waals surface area contributed by atoms with Gasteiger partial charge in [-0.2, -0.15) is 0 Å². The Kier molecular flexibility index (Phi) is 7.80. The van der Waals surface area contributed by atoms with E-state index in [1.54, 1.807) is 18.7 Å². The summed E-state index contributed by atoms with van der Waals surface area (Å²) in [5.74, 6) is 0.314. The number of aromatic nitrogens is 2. The monoisotopic (exact) mass is 405 g/mol. The van der Waals surface area contributed by atoms with E-state index in [1.807, 2.05) is 0 Å². The molecule has 4 nitrogen and oxygen atoms in total. The van der Waals surface area contributed by atoms with Crippen LogP contribution in [0.2, 0.25) is 5.02 Å². The number of halogens is 2. The van der Waals surface area contributed by atoms with Crippen LogP contribution in [0.15, 0.2) is 26.9 Å². The minimum absolute atomic E-state index is 0.0222. The Labute approximate surface area is 158 Å². The standard InChI is InChI=1S/C15H17ClFN3OS3/c1-3-4-7-22-14-19-20-15(24-14)23-9(2)13(21)18-10-5-6-12(17)11(16)8-10/h5-6,8-9H,3-4,7H2,1-2H3,(H,18,21). The number of nitrogens with zero attached hydrogens (tertiary/aromatic N) is 2. The number of anilines is 1. The number of thioether (sulfide) groups is 2. The maximum Gasteiger partial charge on any atom is 0.237 e. The Balaban J connectivity index is 1.88. The van der Waals surface area contributed by atoms with Crippen molar-refractivity contribution in [2.45, 2.75) is 40.6 Å². The highest BCUT2D eigenvalue weighted by Crippen LogP contribution is 2.32. The minimum Gasteiger partial charge on any atom is -0.325 e. The van der Waals surface area contributed by atoms with Crippen LogP contribution in [0.4, 0.5) is 10.1 Å².